The highest BCUT2D eigenvalue weighted by molar-refractivity contribution is 6.14. The van der Waals surface area contributed by atoms with Gasteiger partial charge in [-0.2, -0.15) is 0 Å². The van der Waals surface area contributed by atoms with Crippen molar-refractivity contribution in [1.82, 2.24) is 20.4 Å². The highest BCUT2D eigenvalue weighted by atomic mass is 16.7. The van der Waals surface area contributed by atoms with Gasteiger partial charge in [-0.25, -0.2) is 9.59 Å². The number of nitrogens with zero attached hydrogens (tertiary/aromatic N) is 2. The molecule has 0 spiro atoms. The molecule has 10 atom stereocenters. The van der Waals surface area contributed by atoms with Crippen LogP contribution in [0.5, 0.6) is 11.5 Å². The molecule has 2 aromatic carbocycles. The van der Waals surface area contributed by atoms with E-state index in [0.29, 0.717) is 95.0 Å². The molecule has 0 bridgehead atoms. The lowest BCUT2D eigenvalue weighted by Crippen LogP contribution is -2.61. The topological polar surface area (TPSA) is 418 Å². The number of aliphatic hydroxyl groups is 6. The number of carbonyl (C=O) groups is 10. The van der Waals surface area contributed by atoms with Gasteiger partial charge in [0.2, 0.25) is 24.4 Å². The van der Waals surface area contributed by atoms with E-state index in [-0.39, 0.29) is 49.0 Å². The fourth-order valence-electron chi connectivity index (χ4n) is 8.86. The number of carboxylic acid groups (broad SMARTS) is 2. The minimum Gasteiger partial charge on any atom is -0.479 e. The molecule has 0 aromatic heterocycles. The van der Waals surface area contributed by atoms with E-state index >= 15 is 0 Å². The quantitative estimate of drug-likeness (QED) is 0.0313. The van der Waals surface area contributed by atoms with Crippen molar-refractivity contribution in [1.29, 1.82) is 0 Å². The van der Waals surface area contributed by atoms with E-state index in [1.807, 2.05) is 6.07 Å². The maximum Gasteiger partial charge on any atom is 0.335 e. The van der Waals surface area contributed by atoms with Gasteiger partial charge in [0.15, 0.2) is 12.2 Å². The van der Waals surface area contributed by atoms with Crippen molar-refractivity contribution >= 4 is 59.3 Å². The molecule has 88 heavy (non-hydrogen) atoms. The molecule has 4 aliphatic heterocycles. The number of carboxylic acids is 2. The first kappa shape index (κ1) is 71.1. The van der Waals surface area contributed by atoms with Crippen LogP contribution >= 0.6 is 0 Å². The van der Waals surface area contributed by atoms with E-state index in [2.05, 4.69) is 10.6 Å². The van der Waals surface area contributed by atoms with Gasteiger partial charge >= 0.3 is 23.9 Å². The number of carbonyl (C=O) groups excluding carboxylic acids is 8. The summed E-state index contributed by atoms with van der Waals surface area (Å²) in [6, 6.07) is 10.1. The minimum atomic E-state index is -1.88. The van der Waals surface area contributed by atoms with E-state index in [4.69, 9.17) is 28.4 Å². The van der Waals surface area contributed by atoms with Gasteiger partial charge in [0.05, 0.1) is 10.8 Å². The monoisotopic (exact) mass is 1240 g/mol. The number of nitrogens with one attached hydrogen (secondary N) is 2. The van der Waals surface area contributed by atoms with Gasteiger partial charge in [-0.15, -0.1) is 0 Å². The van der Waals surface area contributed by atoms with Gasteiger partial charge in [0.1, 0.15) is 67.9 Å². The number of hydrogen-bond donors (Lipinski definition) is 10. The fraction of sp³-hybridized carbons (Fsp3) is 0.567. The zero-order chi connectivity index (χ0) is 65.2. The Morgan fingerprint density at radius 2 is 0.898 bits per heavy atom. The Morgan fingerprint density at radius 1 is 0.500 bits per heavy atom. The van der Waals surface area contributed by atoms with E-state index in [1.165, 1.54) is 17.1 Å². The third kappa shape index (κ3) is 20.7. The summed E-state index contributed by atoms with van der Waals surface area (Å²) in [5.41, 5.74) is 0.812. The maximum atomic E-state index is 12.4. The van der Waals surface area contributed by atoms with Crippen molar-refractivity contribution in [2.45, 2.75) is 180 Å². The lowest BCUT2D eigenvalue weighted by Gasteiger charge is -2.38. The summed E-state index contributed by atoms with van der Waals surface area (Å²) in [6.45, 7) is 10.5. The normalized spacial score (nSPS) is 23.5. The van der Waals surface area contributed by atoms with Crippen LogP contribution in [0, 0.1) is 10.8 Å². The lowest BCUT2D eigenvalue weighted by atomic mass is 9.97. The summed E-state index contributed by atoms with van der Waals surface area (Å²) in [5, 5.41) is 85.4. The number of unbranched alkanes of at least 4 members (excludes halogenated alkanes) is 4. The Balaban J connectivity index is 0.000000322. The molecule has 0 unspecified atom stereocenters. The Kier molecular flexibility index (Phi) is 26.2. The second kappa shape index (κ2) is 32.5. The zero-order valence-electron chi connectivity index (χ0n) is 49.9. The number of imide groups is 2. The molecule has 2 saturated heterocycles. The predicted molar refractivity (Wildman–Crippen MR) is 303 cm³/mol. The van der Waals surface area contributed by atoms with Crippen molar-refractivity contribution in [3.8, 4) is 11.5 Å². The van der Waals surface area contributed by atoms with Crippen molar-refractivity contribution in [2.75, 3.05) is 26.2 Å². The number of rotatable bonds is 28. The molecule has 28 nitrogen and oxygen atoms in total. The van der Waals surface area contributed by atoms with Gasteiger partial charge in [-0.3, -0.25) is 48.2 Å². The molecule has 0 saturated carbocycles. The lowest BCUT2D eigenvalue weighted by molar-refractivity contribution is -0.271. The van der Waals surface area contributed by atoms with Crippen molar-refractivity contribution in [3.63, 3.8) is 0 Å². The second-order valence-electron chi connectivity index (χ2n) is 23.4. The second-order valence-corrected chi connectivity index (χ2v) is 23.4. The molecular formula is C60H80N4O24. The number of ether oxygens (including phenoxy) is 6. The highest BCUT2D eigenvalue weighted by Crippen LogP contribution is 2.32. The molecule has 10 N–H and O–H groups in total. The van der Waals surface area contributed by atoms with Gasteiger partial charge in [0.25, 0.3) is 23.6 Å². The fourth-order valence-corrected chi connectivity index (χ4v) is 8.86. The van der Waals surface area contributed by atoms with Crippen LogP contribution < -0.4 is 20.1 Å². The molecule has 6 amide bonds. The van der Waals surface area contributed by atoms with E-state index in [1.54, 1.807) is 71.9 Å². The summed E-state index contributed by atoms with van der Waals surface area (Å²) in [7, 11) is 0. The Hall–Kier alpha value is -7.70. The number of aliphatic hydroxyl groups excluding tert-OH is 6. The van der Waals surface area contributed by atoms with Gasteiger partial charge in [-0.1, -0.05) is 30.7 Å². The number of esters is 2. The third-order valence-corrected chi connectivity index (χ3v) is 14.1. The first-order valence-corrected chi connectivity index (χ1v) is 28.7. The first-order chi connectivity index (χ1) is 41.4. The molecule has 4 aliphatic rings. The van der Waals surface area contributed by atoms with E-state index in [0.717, 1.165) is 28.2 Å². The highest BCUT2D eigenvalue weighted by Gasteiger charge is 2.50. The number of hydrogen-bond acceptors (Lipinski definition) is 22. The van der Waals surface area contributed by atoms with Crippen LogP contribution in [0.3, 0.4) is 0 Å². The van der Waals surface area contributed by atoms with Crippen LogP contribution in [-0.4, -0.2) is 198 Å². The molecular weight excluding hydrogens is 1160 g/mol. The smallest absolute Gasteiger partial charge is 0.335 e. The standard InChI is InChI=1S/C32H44N2O12.C28H36N2O12/c1-32(2,3)31(43)44-18-20-12-11-19(17-21(20)45-30-27(40)25(38)26(39)28(46-30)29(41)42)9-6-7-15-33-22(35)10-5-4-8-16-34-23(36)13-14-24(34)37;1-28(2,3)27(39)40-14-16-8-7-15(6-4-5-11-29-18(31)13-30-19(32)9-10-20(30)33)12-17(16)41-26-23(36)21(34)22(35)24(42-26)25(37)38/h11-14,17,25-28,30,38-40H,4-10,15-16,18H2,1-3H3,(H,33,35)(H,41,42);7-10,12,21-24,26,34-36H,4-6,11,13-14H2,1-3H3,(H,29,31)(H,37,38)/t25-,26-,27+,28-,30+;21-,22-,23+,24-,26+/m10/s1. The summed E-state index contributed by atoms with van der Waals surface area (Å²) in [6.07, 6.45) is -7.36. The third-order valence-electron chi connectivity index (χ3n) is 14.1. The molecule has 484 valence electrons. The Morgan fingerprint density at radius 3 is 1.30 bits per heavy atom. The largest absolute Gasteiger partial charge is 0.479 e. The SMILES string of the molecule is CC(C)(C)C(=O)OCc1ccc(CCCCNC(=O)CCCCCN2C(=O)C=CC2=O)cc1O[C@H]1O[C@@H](C(=O)O)[C@H](O)[C@@H](O)[C@@H]1O.CC(C)(C)C(=O)OCc1ccc(CCCCNC(=O)CN2C(=O)C=CC2=O)cc1O[C@@H]1O[C@H](C(=O)O)[C@@H](O)[C@H](O)[C@H]1O. The molecule has 28 heteroatoms. The molecule has 6 rings (SSSR count). The summed E-state index contributed by atoms with van der Waals surface area (Å²) < 4.78 is 32.9. The van der Waals surface area contributed by atoms with Gasteiger partial charge < -0.3 is 79.9 Å². The number of amides is 6. The van der Waals surface area contributed by atoms with Crippen molar-refractivity contribution in [2.24, 2.45) is 10.8 Å². The molecule has 0 radical (unpaired) electrons. The van der Waals surface area contributed by atoms with Crippen molar-refractivity contribution in [3.05, 3.63) is 83.0 Å². The molecule has 2 aromatic rings. The van der Waals surface area contributed by atoms with E-state index < -0.39 is 114 Å². The predicted octanol–water partition coefficient (Wildman–Crippen LogP) is 0.382. The number of aliphatic carboxylic acids is 2. The van der Waals surface area contributed by atoms with Crippen LogP contribution in [0.25, 0.3) is 0 Å². The molecule has 2 fully saturated rings. The number of aryl methyl sites for hydroxylation is 2. The first-order valence-electron chi connectivity index (χ1n) is 28.7. The van der Waals surface area contributed by atoms with Gasteiger partial charge in [-0.05, 0) is 116 Å². The van der Waals surface area contributed by atoms with Crippen LogP contribution in [0.4, 0.5) is 0 Å². The van der Waals surface area contributed by atoms with Crippen LogP contribution in [0.15, 0.2) is 60.7 Å². The van der Waals surface area contributed by atoms with Crippen LogP contribution in [0.1, 0.15) is 115 Å². The van der Waals surface area contributed by atoms with Crippen LogP contribution in [-0.2, 0) is 92.9 Å². The Bertz CT molecular complexity index is 2860. The molecule has 0 aliphatic carbocycles. The van der Waals surface area contributed by atoms with Gasteiger partial charge in [0, 0.05) is 61.5 Å². The maximum absolute atomic E-state index is 12.4. The zero-order valence-corrected chi connectivity index (χ0v) is 49.9. The number of benzene rings is 2. The van der Waals surface area contributed by atoms with E-state index in [9.17, 15) is 88.8 Å². The average Bonchev–Trinajstić information content (AvgIpc) is 3.54. The summed E-state index contributed by atoms with van der Waals surface area (Å²) in [5.74, 6) is -6.06. The summed E-state index contributed by atoms with van der Waals surface area (Å²) >= 11 is 0. The van der Waals surface area contributed by atoms with Crippen LogP contribution in [0.2, 0.25) is 0 Å². The minimum absolute atomic E-state index is 0.0853. The Labute approximate surface area is 507 Å². The van der Waals surface area contributed by atoms with Crippen molar-refractivity contribution < 1.29 is 117 Å². The molecule has 4 heterocycles. The summed E-state index contributed by atoms with van der Waals surface area (Å²) in [4.78, 5) is 120. The average molecular weight is 1240 g/mol.